The maximum absolute atomic E-state index is 13.9. The van der Waals surface area contributed by atoms with Crippen molar-refractivity contribution in [3.63, 3.8) is 0 Å². The highest BCUT2D eigenvalue weighted by Crippen LogP contribution is 2.23. The van der Waals surface area contributed by atoms with Crippen molar-refractivity contribution in [2.24, 2.45) is 0 Å². The summed E-state index contributed by atoms with van der Waals surface area (Å²) in [7, 11) is 0. The maximum Gasteiger partial charge on any atom is 0.408 e. The van der Waals surface area contributed by atoms with E-state index in [4.69, 9.17) is 15.9 Å². The summed E-state index contributed by atoms with van der Waals surface area (Å²) in [6.07, 6.45) is 4.93. The van der Waals surface area contributed by atoms with E-state index in [1.54, 1.807) is 65.8 Å². The number of nitrogens with zero attached hydrogens (tertiary/aromatic N) is 1. The topological polar surface area (TPSA) is 134 Å². The molecule has 0 saturated heterocycles. The molecule has 0 aromatic heterocycles. The van der Waals surface area contributed by atoms with E-state index < -0.39 is 59.8 Å². The molecule has 10 nitrogen and oxygen atoms in total. The first-order valence-electron chi connectivity index (χ1n) is 13.6. The van der Waals surface area contributed by atoms with Crippen LogP contribution in [0.5, 0.6) is 0 Å². The summed E-state index contributed by atoms with van der Waals surface area (Å²) in [6, 6.07) is 14.0. The molecular formula is C32H41N3O7. The van der Waals surface area contributed by atoms with Gasteiger partial charge < -0.3 is 25.2 Å². The van der Waals surface area contributed by atoms with Crippen LogP contribution in [0.4, 0.5) is 4.79 Å². The smallest absolute Gasteiger partial charge is 0.408 e. The van der Waals surface area contributed by atoms with Crippen LogP contribution in [0.25, 0.3) is 0 Å². The summed E-state index contributed by atoms with van der Waals surface area (Å²) < 4.78 is 10.8. The Kier molecular flexibility index (Phi) is 11.7. The van der Waals surface area contributed by atoms with Crippen LogP contribution >= 0.6 is 0 Å². The lowest BCUT2D eigenvalue weighted by molar-refractivity contribution is -0.159. The number of alkyl carbamates (subject to hydrolysis) is 1. The lowest BCUT2D eigenvalue weighted by Gasteiger charge is -2.31. The molecule has 0 bridgehead atoms. The molecule has 0 aliphatic rings. The Morgan fingerprint density at radius 2 is 1.45 bits per heavy atom. The Balaban J connectivity index is 2.47. The second kappa shape index (κ2) is 14.5. The Bertz CT molecular complexity index is 1270. The summed E-state index contributed by atoms with van der Waals surface area (Å²) in [5.41, 5.74) is 0.328. The van der Waals surface area contributed by atoms with Gasteiger partial charge in [-0.05, 0) is 59.6 Å². The predicted molar refractivity (Wildman–Crippen MR) is 158 cm³/mol. The zero-order valence-electron chi connectivity index (χ0n) is 25.3. The van der Waals surface area contributed by atoms with Gasteiger partial charge in [0.1, 0.15) is 29.3 Å². The number of aliphatic hydroxyl groups excluding tert-OH is 1. The van der Waals surface area contributed by atoms with Crippen LogP contribution in [0.1, 0.15) is 64.3 Å². The number of aryl methyl sites for hydroxylation is 1. The number of hydrogen-bond donors (Lipinski definition) is 3. The molecular weight excluding hydrogens is 538 g/mol. The molecule has 0 spiro atoms. The monoisotopic (exact) mass is 579 g/mol. The molecule has 2 aromatic carbocycles. The highest BCUT2D eigenvalue weighted by Gasteiger charge is 2.38. The second-order valence-electron chi connectivity index (χ2n) is 11.8. The van der Waals surface area contributed by atoms with Crippen LogP contribution in [0.3, 0.4) is 0 Å². The number of carbonyl (C=O) groups excluding carboxylic acids is 4. The van der Waals surface area contributed by atoms with Gasteiger partial charge in [-0.1, -0.05) is 66.6 Å². The molecule has 42 heavy (non-hydrogen) atoms. The van der Waals surface area contributed by atoms with Gasteiger partial charge in [-0.2, -0.15) is 0 Å². The molecule has 3 atom stereocenters. The Hall–Kier alpha value is -4.36. The Morgan fingerprint density at radius 3 is 1.95 bits per heavy atom. The molecule has 2 aromatic rings. The van der Waals surface area contributed by atoms with Gasteiger partial charge in [0.05, 0.1) is 6.61 Å². The summed E-state index contributed by atoms with van der Waals surface area (Å²) >= 11 is 0. The number of hydrogen-bond acceptors (Lipinski definition) is 7. The minimum absolute atomic E-state index is 0.117. The standard InChI is InChI=1S/C32H41N3O7/c1-9-35(28(38)25(20-36)34-30(40)42-32(6,7)8)26(23-17-15-21(2)16-18-23)27(37)33-24(29(39)41-31(3,4)5)19-22-13-11-10-12-14-22/h1,10-18,24-26,36H,19-20H2,2-8H3,(H,33,37)(H,34,40). The zero-order chi connectivity index (χ0) is 31.7. The molecule has 0 saturated carbocycles. The molecule has 3 amide bonds. The van der Waals surface area contributed by atoms with Crippen LogP contribution in [-0.2, 0) is 30.3 Å². The first-order valence-corrected chi connectivity index (χ1v) is 13.6. The van der Waals surface area contributed by atoms with Gasteiger partial charge in [-0.15, -0.1) is 0 Å². The first kappa shape index (κ1) is 33.8. The molecule has 0 fully saturated rings. The van der Waals surface area contributed by atoms with E-state index in [1.807, 2.05) is 37.3 Å². The fourth-order valence-corrected chi connectivity index (χ4v) is 3.90. The van der Waals surface area contributed by atoms with Gasteiger partial charge >= 0.3 is 12.1 Å². The van der Waals surface area contributed by atoms with E-state index in [0.29, 0.717) is 5.56 Å². The number of rotatable bonds is 10. The SMILES string of the molecule is C#CN(C(=O)C(CO)NC(=O)OC(C)(C)C)C(C(=O)NC(Cc1ccccc1)C(=O)OC(C)(C)C)c1ccc(C)cc1. The average molecular weight is 580 g/mol. The van der Waals surface area contributed by atoms with Crippen molar-refractivity contribution in [3.8, 4) is 12.5 Å². The fraction of sp³-hybridized carbons (Fsp3) is 0.438. The predicted octanol–water partition coefficient (Wildman–Crippen LogP) is 3.41. The van der Waals surface area contributed by atoms with Gasteiger partial charge in [-0.3, -0.25) is 14.5 Å². The van der Waals surface area contributed by atoms with E-state index in [1.165, 1.54) is 0 Å². The van der Waals surface area contributed by atoms with Crippen molar-refractivity contribution >= 4 is 23.9 Å². The lowest BCUT2D eigenvalue weighted by atomic mass is 10.0. The molecule has 0 radical (unpaired) electrons. The summed E-state index contributed by atoms with van der Waals surface area (Å²) in [5, 5.41) is 15.0. The molecule has 0 aliphatic carbocycles. The Morgan fingerprint density at radius 1 is 0.881 bits per heavy atom. The third-order valence-corrected chi connectivity index (χ3v) is 5.74. The van der Waals surface area contributed by atoms with Crippen LogP contribution in [0, 0.1) is 19.4 Å². The van der Waals surface area contributed by atoms with Crippen molar-refractivity contribution in [2.45, 2.75) is 84.2 Å². The Labute approximate surface area is 247 Å². The maximum atomic E-state index is 13.9. The highest BCUT2D eigenvalue weighted by molar-refractivity contribution is 5.95. The number of ether oxygens (including phenoxy) is 2. The fourth-order valence-electron chi connectivity index (χ4n) is 3.90. The number of terminal acetylenes is 1. The molecule has 0 heterocycles. The second-order valence-corrected chi connectivity index (χ2v) is 11.8. The van der Waals surface area contributed by atoms with Gasteiger partial charge in [0.15, 0.2) is 0 Å². The van der Waals surface area contributed by atoms with E-state index in [2.05, 4.69) is 16.7 Å². The summed E-state index contributed by atoms with van der Waals surface area (Å²) in [5.74, 6) is -2.35. The van der Waals surface area contributed by atoms with Gasteiger partial charge in [0.2, 0.25) is 5.91 Å². The van der Waals surface area contributed by atoms with E-state index in [0.717, 1.165) is 16.0 Å². The van der Waals surface area contributed by atoms with Crippen molar-refractivity contribution < 1.29 is 33.8 Å². The molecule has 2 rings (SSSR count). The van der Waals surface area contributed by atoms with Crippen LogP contribution in [-0.4, -0.2) is 63.8 Å². The zero-order valence-corrected chi connectivity index (χ0v) is 25.3. The number of benzene rings is 2. The minimum atomic E-state index is -1.51. The molecule has 10 heteroatoms. The van der Waals surface area contributed by atoms with E-state index in [-0.39, 0.29) is 6.42 Å². The van der Waals surface area contributed by atoms with Crippen molar-refractivity contribution in [3.05, 3.63) is 71.3 Å². The number of nitrogens with one attached hydrogen (secondary N) is 2. The molecule has 3 N–H and O–H groups in total. The first-order chi connectivity index (χ1) is 19.5. The van der Waals surface area contributed by atoms with Crippen LogP contribution < -0.4 is 10.6 Å². The van der Waals surface area contributed by atoms with Gasteiger partial charge in [-0.25, -0.2) is 9.59 Å². The van der Waals surface area contributed by atoms with Crippen LogP contribution in [0.2, 0.25) is 0 Å². The van der Waals surface area contributed by atoms with Crippen LogP contribution in [0.15, 0.2) is 54.6 Å². The van der Waals surface area contributed by atoms with Gasteiger partial charge in [0.25, 0.3) is 5.91 Å². The highest BCUT2D eigenvalue weighted by atomic mass is 16.6. The molecule has 3 unspecified atom stereocenters. The van der Waals surface area contributed by atoms with Crippen molar-refractivity contribution in [1.82, 2.24) is 15.5 Å². The van der Waals surface area contributed by atoms with Gasteiger partial charge in [0, 0.05) is 12.5 Å². The van der Waals surface area contributed by atoms with Crippen molar-refractivity contribution in [2.75, 3.05) is 6.61 Å². The molecule has 226 valence electrons. The largest absolute Gasteiger partial charge is 0.458 e. The average Bonchev–Trinajstić information content (AvgIpc) is 2.88. The number of aliphatic hydroxyl groups is 1. The summed E-state index contributed by atoms with van der Waals surface area (Å²) in [6.45, 7) is 11.1. The number of carbonyl (C=O) groups is 4. The third-order valence-electron chi connectivity index (χ3n) is 5.74. The molecule has 0 aliphatic heterocycles. The number of amides is 3. The third kappa shape index (κ3) is 10.6. The summed E-state index contributed by atoms with van der Waals surface area (Å²) in [4.78, 5) is 53.9. The van der Waals surface area contributed by atoms with E-state index in [9.17, 15) is 24.3 Å². The lowest BCUT2D eigenvalue weighted by Crippen LogP contribution is -2.54. The van der Waals surface area contributed by atoms with E-state index >= 15 is 0 Å². The number of esters is 1. The van der Waals surface area contributed by atoms with Crippen molar-refractivity contribution in [1.29, 1.82) is 0 Å². The quantitative estimate of drug-likeness (QED) is 0.223. The normalized spacial score (nSPS) is 13.5. The minimum Gasteiger partial charge on any atom is -0.458 e.